The Hall–Kier alpha value is -3.10. The SMILES string of the molecule is CC(C)n1nccc1NC(=O)CSc1nnc(-c2ccc(Cl)cc2)n1-c1ccccc1. The van der Waals surface area contributed by atoms with Crippen molar-refractivity contribution in [2.24, 2.45) is 0 Å². The minimum atomic E-state index is -0.136. The van der Waals surface area contributed by atoms with E-state index in [0.717, 1.165) is 11.3 Å². The van der Waals surface area contributed by atoms with Crippen molar-refractivity contribution in [3.8, 4) is 17.1 Å². The number of halogens is 1. The second kappa shape index (κ2) is 9.36. The number of rotatable bonds is 7. The Labute approximate surface area is 189 Å². The Morgan fingerprint density at radius 1 is 1.06 bits per heavy atom. The van der Waals surface area contributed by atoms with Crippen LogP contribution in [0.25, 0.3) is 17.1 Å². The molecule has 2 heterocycles. The molecule has 9 heteroatoms. The molecular formula is C22H21ClN6OS. The number of carbonyl (C=O) groups excluding carboxylic acids is 1. The molecule has 7 nitrogen and oxygen atoms in total. The van der Waals surface area contributed by atoms with Gasteiger partial charge in [-0.25, -0.2) is 4.68 Å². The summed E-state index contributed by atoms with van der Waals surface area (Å²) in [5.41, 5.74) is 1.80. The molecule has 0 spiro atoms. The largest absolute Gasteiger partial charge is 0.310 e. The number of amides is 1. The van der Waals surface area contributed by atoms with Gasteiger partial charge in [0.2, 0.25) is 5.91 Å². The van der Waals surface area contributed by atoms with Crippen molar-refractivity contribution in [2.45, 2.75) is 25.0 Å². The van der Waals surface area contributed by atoms with Gasteiger partial charge in [0.1, 0.15) is 5.82 Å². The molecule has 0 bridgehead atoms. The summed E-state index contributed by atoms with van der Waals surface area (Å²) < 4.78 is 3.72. The average molecular weight is 453 g/mol. The number of nitrogens with zero attached hydrogens (tertiary/aromatic N) is 5. The molecule has 2 aromatic heterocycles. The van der Waals surface area contributed by atoms with Gasteiger partial charge in [0.25, 0.3) is 0 Å². The van der Waals surface area contributed by atoms with Gasteiger partial charge in [-0.1, -0.05) is 41.6 Å². The van der Waals surface area contributed by atoms with E-state index in [2.05, 4.69) is 20.6 Å². The maximum Gasteiger partial charge on any atom is 0.235 e. The van der Waals surface area contributed by atoms with Crippen LogP contribution in [0.15, 0.2) is 72.0 Å². The van der Waals surface area contributed by atoms with Crippen molar-refractivity contribution in [3.63, 3.8) is 0 Å². The topological polar surface area (TPSA) is 77.6 Å². The highest BCUT2D eigenvalue weighted by molar-refractivity contribution is 7.99. The summed E-state index contributed by atoms with van der Waals surface area (Å²) in [7, 11) is 0. The standard InChI is InChI=1S/C22H21ClN6OS/c1-15(2)29-19(12-13-24-29)25-20(30)14-31-22-27-26-21(16-8-10-17(23)11-9-16)28(22)18-6-4-3-5-7-18/h3-13,15H,14H2,1-2H3,(H,25,30). The van der Waals surface area contributed by atoms with Gasteiger partial charge >= 0.3 is 0 Å². The van der Waals surface area contributed by atoms with Crippen LogP contribution in [-0.4, -0.2) is 36.2 Å². The van der Waals surface area contributed by atoms with Gasteiger partial charge < -0.3 is 5.32 Å². The number of aromatic nitrogens is 5. The molecule has 0 aliphatic rings. The lowest BCUT2D eigenvalue weighted by molar-refractivity contribution is -0.113. The lowest BCUT2D eigenvalue weighted by Gasteiger charge is -2.12. The molecule has 0 aliphatic carbocycles. The molecule has 1 amide bonds. The van der Waals surface area contributed by atoms with E-state index in [1.807, 2.05) is 73.0 Å². The molecule has 0 fully saturated rings. The summed E-state index contributed by atoms with van der Waals surface area (Å²) >= 11 is 7.36. The number of hydrogen-bond acceptors (Lipinski definition) is 5. The number of hydrogen-bond donors (Lipinski definition) is 1. The van der Waals surface area contributed by atoms with Crippen molar-refractivity contribution < 1.29 is 4.79 Å². The monoisotopic (exact) mass is 452 g/mol. The number of thioether (sulfide) groups is 1. The van der Waals surface area contributed by atoms with E-state index in [1.54, 1.807) is 16.9 Å². The highest BCUT2D eigenvalue weighted by Crippen LogP contribution is 2.28. The van der Waals surface area contributed by atoms with E-state index < -0.39 is 0 Å². The van der Waals surface area contributed by atoms with E-state index in [0.29, 0.717) is 21.8 Å². The van der Waals surface area contributed by atoms with E-state index in [4.69, 9.17) is 11.6 Å². The van der Waals surface area contributed by atoms with Crippen LogP contribution in [0, 0.1) is 0 Å². The Morgan fingerprint density at radius 3 is 2.52 bits per heavy atom. The molecule has 0 radical (unpaired) electrons. The van der Waals surface area contributed by atoms with Crippen molar-refractivity contribution in [1.82, 2.24) is 24.5 Å². The smallest absolute Gasteiger partial charge is 0.235 e. The summed E-state index contributed by atoms with van der Waals surface area (Å²) in [6.07, 6.45) is 1.67. The van der Waals surface area contributed by atoms with Crippen LogP contribution in [-0.2, 0) is 4.79 Å². The molecule has 0 saturated carbocycles. The van der Waals surface area contributed by atoms with Crippen LogP contribution in [0.5, 0.6) is 0 Å². The molecule has 0 unspecified atom stereocenters. The minimum absolute atomic E-state index is 0.136. The third-order valence-electron chi connectivity index (χ3n) is 4.51. The number of anilines is 1. The first kappa shape index (κ1) is 21.1. The predicted molar refractivity (Wildman–Crippen MR) is 124 cm³/mol. The highest BCUT2D eigenvalue weighted by Gasteiger charge is 2.18. The highest BCUT2D eigenvalue weighted by atomic mass is 35.5. The van der Waals surface area contributed by atoms with Crippen LogP contribution in [0.4, 0.5) is 5.82 Å². The van der Waals surface area contributed by atoms with E-state index in [9.17, 15) is 4.79 Å². The maximum absolute atomic E-state index is 12.6. The Morgan fingerprint density at radius 2 is 1.81 bits per heavy atom. The van der Waals surface area contributed by atoms with Gasteiger partial charge in [-0.3, -0.25) is 9.36 Å². The predicted octanol–water partition coefficient (Wildman–Crippen LogP) is 5.10. The van der Waals surface area contributed by atoms with Crippen LogP contribution in [0.1, 0.15) is 19.9 Å². The lowest BCUT2D eigenvalue weighted by atomic mass is 10.2. The fourth-order valence-electron chi connectivity index (χ4n) is 3.09. The zero-order chi connectivity index (χ0) is 21.8. The van der Waals surface area contributed by atoms with Gasteiger partial charge in [0, 0.05) is 28.4 Å². The molecule has 0 atom stereocenters. The first-order valence-corrected chi connectivity index (χ1v) is 11.1. The van der Waals surface area contributed by atoms with Crippen molar-refractivity contribution >= 4 is 35.1 Å². The Kier molecular flexibility index (Phi) is 6.39. The quantitative estimate of drug-likeness (QED) is 0.395. The normalized spacial score (nSPS) is 11.1. The van der Waals surface area contributed by atoms with Gasteiger partial charge in [-0.2, -0.15) is 5.10 Å². The zero-order valence-electron chi connectivity index (χ0n) is 17.1. The van der Waals surface area contributed by atoms with Crippen molar-refractivity contribution in [2.75, 3.05) is 11.1 Å². The van der Waals surface area contributed by atoms with Gasteiger partial charge in [-0.05, 0) is 50.2 Å². The molecule has 1 N–H and O–H groups in total. The lowest BCUT2D eigenvalue weighted by Crippen LogP contribution is -2.18. The summed E-state index contributed by atoms with van der Waals surface area (Å²) in [6, 6.07) is 19.2. The van der Waals surface area contributed by atoms with Crippen LogP contribution < -0.4 is 5.32 Å². The maximum atomic E-state index is 12.6. The average Bonchev–Trinajstić information content (AvgIpc) is 3.40. The van der Waals surface area contributed by atoms with Crippen molar-refractivity contribution in [3.05, 3.63) is 71.9 Å². The molecule has 0 aliphatic heterocycles. The molecule has 31 heavy (non-hydrogen) atoms. The number of benzene rings is 2. The molecule has 4 rings (SSSR count). The third kappa shape index (κ3) is 4.81. The van der Waals surface area contributed by atoms with Crippen LogP contribution >= 0.6 is 23.4 Å². The number of carbonyl (C=O) groups is 1. The van der Waals surface area contributed by atoms with Crippen LogP contribution in [0.3, 0.4) is 0 Å². The zero-order valence-corrected chi connectivity index (χ0v) is 18.6. The van der Waals surface area contributed by atoms with Gasteiger partial charge in [0.15, 0.2) is 11.0 Å². The number of nitrogens with one attached hydrogen (secondary N) is 1. The number of para-hydroxylation sites is 1. The minimum Gasteiger partial charge on any atom is -0.310 e. The fourth-order valence-corrected chi connectivity index (χ4v) is 3.97. The second-order valence-corrected chi connectivity index (χ2v) is 8.45. The first-order valence-electron chi connectivity index (χ1n) is 9.76. The van der Waals surface area contributed by atoms with Crippen LogP contribution in [0.2, 0.25) is 5.02 Å². The van der Waals surface area contributed by atoms with Gasteiger partial charge in [-0.15, -0.1) is 10.2 Å². The Balaban J connectivity index is 1.57. The molecule has 0 saturated heterocycles. The Bertz CT molecular complexity index is 1170. The molecule has 2 aromatic carbocycles. The fraction of sp³-hybridized carbons (Fsp3) is 0.182. The summed E-state index contributed by atoms with van der Waals surface area (Å²) in [6.45, 7) is 4.02. The molecule has 158 valence electrons. The summed E-state index contributed by atoms with van der Waals surface area (Å²) in [4.78, 5) is 12.6. The molecule has 4 aromatic rings. The van der Waals surface area contributed by atoms with E-state index in [1.165, 1.54) is 11.8 Å². The van der Waals surface area contributed by atoms with E-state index >= 15 is 0 Å². The molecular weight excluding hydrogens is 432 g/mol. The summed E-state index contributed by atoms with van der Waals surface area (Å²) in [5, 5.41) is 17.2. The van der Waals surface area contributed by atoms with Gasteiger partial charge in [0.05, 0.1) is 11.9 Å². The van der Waals surface area contributed by atoms with E-state index in [-0.39, 0.29) is 17.7 Å². The summed E-state index contributed by atoms with van der Waals surface area (Å²) in [5.74, 6) is 1.41. The van der Waals surface area contributed by atoms with Crippen molar-refractivity contribution in [1.29, 1.82) is 0 Å². The first-order chi connectivity index (χ1) is 15.0. The second-order valence-electron chi connectivity index (χ2n) is 7.08. The third-order valence-corrected chi connectivity index (χ3v) is 5.69.